The van der Waals surface area contributed by atoms with Gasteiger partial charge in [-0.15, -0.1) is 0 Å². The number of nitrogens with one attached hydrogen (secondary N) is 1. The van der Waals surface area contributed by atoms with Crippen LogP contribution in [0.2, 0.25) is 0 Å². The summed E-state index contributed by atoms with van der Waals surface area (Å²) in [5.74, 6) is 5.32. The normalized spacial score (nSPS) is 15.3. The Labute approximate surface area is 119 Å². The van der Waals surface area contributed by atoms with Gasteiger partial charge in [0.1, 0.15) is 6.61 Å². The maximum atomic E-state index is 12.3. The molecule has 2 N–H and O–H groups in total. The van der Waals surface area contributed by atoms with Gasteiger partial charge in [-0.05, 0) is 37.5 Å². The van der Waals surface area contributed by atoms with Crippen LogP contribution in [0.15, 0.2) is 18.2 Å². The van der Waals surface area contributed by atoms with Crippen molar-refractivity contribution in [3.8, 4) is 11.8 Å². The van der Waals surface area contributed by atoms with E-state index in [4.69, 9.17) is 9.84 Å². The molecule has 1 aromatic carbocycles. The molecule has 0 aromatic heterocycles. The zero-order valence-corrected chi connectivity index (χ0v) is 11.6. The highest BCUT2D eigenvalue weighted by Gasteiger charge is 2.18. The van der Waals surface area contributed by atoms with E-state index in [0.717, 1.165) is 18.4 Å². The summed E-state index contributed by atoms with van der Waals surface area (Å²) >= 11 is 0. The van der Waals surface area contributed by atoms with Gasteiger partial charge in [-0.1, -0.05) is 17.9 Å². The van der Waals surface area contributed by atoms with Gasteiger partial charge in [0.25, 0.3) is 5.91 Å². The number of ether oxygens (including phenoxy) is 1. The van der Waals surface area contributed by atoms with Gasteiger partial charge < -0.3 is 15.2 Å². The van der Waals surface area contributed by atoms with E-state index in [1.807, 2.05) is 19.1 Å². The molecule has 0 spiro atoms. The minimum atomic E-state index is -0.213. The lowest BCUT2D eigenvalue weighted by Gasteiger charge is -2.23. The zero-order valence-electron chi connectivity index (χ0n) is 11.6. The number of carbonyl (C=O) groups excluding carboxylic acids is 1. The van der Waals surface area contributed by atoms with Crippen LogP contribution in [-0.4, -0.2) is 36.9 Å². The van der Waals surface area contributed by atoms with Crippen molar-refractivity contribution in [2.75, 3.05) is 19.8 Å². The molecule has 106 valence electrons. The second kappa shape index (κ2) is 7.09. The van der Waals surface area contributed by atoms with Crippen molar-refractivity contribution in [1.29, 1.82) is 0 Å². The van der Waals surface area contributed by atoms with Gasteiger partial charge in [-0.3, -0.25) is 4.79 Å². The molecule has 1 aliphatic heterocycles. The number of aliphatic hydroxyl groups is 1. The minimum absolute atomic E-state index is 0.112. The summed E-state index contributed by atoms with van der Waals surface area (Å²) in [6.07, 6.45) is 1.69. The summed E-state index contributed by atoms with van der Waals surface area (Å²) in [5, 5.41) is 11.8. The fraction of sp³-hybridized carbons (Fsp3) is 0.438. The van der Waals surface area contributed by atoms with Crippen LogP contribution >= 0.6 is 0 Å². The number of aryl methyl sites for hydroxylation is 1. The summed E-state index contributed by atoms with van der Waals surface area (Å²) in [6.45, 7) is 3.12. The highest BCUT2D eigenvalue weighted by Crippen LogP contribution is 2.13. The number of rotatable bonds is 2. The van der Waals surface area contributed by atoms with E-state index in [9.17, 15) is 4.79 Å². The first-order valence-electron chi connectivity index (χ1n) is 6.79. The van der Waals surface area contributed by atoms with Crippen LogP contribution < -0.4 is 5.32 Å². The summed E-state index contributed by atoms with van der Waals surface area (Å²) in [6, 6.07) is 5.70. The number of amides is 1. The van der Waals surface area contributed by atoms with Crippen LogP contribution in [0.25, 0.3) is 0 Å². The Bertz CT molecular complexity index is 536. The monoisotopic (exact) mass is 273 g/mol. The number of carbonyl (C=O) groups is 1. The lowest BCUT2D eigenvalue weighted by Crippen LogP contribution is -2.39. The lowest BCUT2D eigenvalue weighted by atomic mass is 10.0. The van der Waals surface area contributed by atoms with Crippen molar-refractivity contribution in [1.82, 2.24) is 5.32 Å². The smallest absolute Gasteiger partial charge is 0.252 e. The molecule has 1 heterocycles. The predicted octanol–water partition coefficient (Wildman–Crippen LogP) is 1.25. The first kappa shape index (κ1) is 14.6. The Kier molecular flexibility index (Phi) is 5.16. The predicted molar refractivity (Wildman–Crippen MR) is 76.5 cm³/mol. The fourth-order valence-electron chi connectivity index (χ4n) is 2.20. The van der Waals surface area contributed by atoms with Gasteiger partial charge in [-0.25, -0.2) is 0 Å². The molecule has 1 aromatic rings. The van der Waals surface area contributed by atoms with Crippen LogP contribution in [0.5, 0.6) is 0 Å². The van der Waals surface area contributed by atoms with Crippen LogP contribution in [0.1, 0.15) is 34.3 Å². The van der Waals surface area contributed by atoms with E-state index in [-0.39, 0.29) is 18.6 Å². The van der Waals surface area contributed by atoms with E-state index in [1.54, 1.807) is 6.07 Å². The molecule has 1 saturated heterocycles. The van der Waals surface area contributed by atoms with Gasteiger partial charge >= 0.3 is 0 Å². The maximum Gasteiger partial charge on any atom is 0.252 e. The Morgan fingerprint density at radius 1 is 1.45 bits per heavy atom. The van der Waals surface area contributed by atoms with Gasteiger partial charge in [0, 0.05) is 24.8 Å². The Hall–Kier alpha value is -1.83. The van der Waals surface area contributed by atoms with E-state index >= 15 is 0 Å². The third-order valence-electron chi connectivity index (χ3n) is 3.28. The average Bonchev–Trinajstić information content (AvgIpc) is 2.46. The molecular weight excluding hydrogens is 254 g/mol. The molecule has 20 heavy (non-hydrogen) atoms. The standard InChI is InChI=1S/C16H19NO3/c1-12-4-5-15(13(11-12)3-2-8-18)16(19)17-14-6-9-20-10-7-14/h4-5,11,14,18H,6-10H2,1H3,(H,17,19). The summed E-state index contributed by atoms with van der Waals surface area (Å²) in [5.41, 5.74) is 2.25. The summed E-state index contributed by atoms with van der Waals surface area (Å²) in [4.78, 5) is 12.3. The van der Waals surface area contributed by atoms with Crippen molar-refractivity contribution in [2.45, 2.75) is 25.8 Å². The second-order valence-electron chi connectivity index (χ2n) is 4.87. The Morgan fingerprint density at radius 3 is 2.90 bits per heavy atom. The van der Waals surface area contributed by atoms with Crippen molar-refractivity contribution >= 4 is 5.91 Å². The molecule has 0 unspecified atom stereocenters. The van der Waals surface area contributed by atoms with E-state index in [0.29, 0.717) is 24.3 Å². The number of aliphatic hydroxyl groups excluding tert-OH is 1. The number of hydrogen-bond acceptors (Lipinski definition) is 3. The number of benzene rings is 1. The molecule has 1 fully saturated rings. The van der Waals surface area contributed by atoms with E-state index < -0.39 is 0 Å². The second-order valence-corrected chi connectivity index (χ2v) is 4.87. The van der Waals surface area contributed by atoms with Crippen LogP contribution in [0.3, 0.4) is 0 Å². The molecule has 0 bridgehead atoms. The molecular formula is C16H19NO3. The highest BCUT2D eigenvalue weighted by molar-refractivity contribution is 5.97. The summed E-state index contributed by atoms with van der Waals surface area (Å²) < 4.78 is 5.28. The average molecular weight is 273 g/mol. The first-order chi connectivity index (χ1) is 9.70. The van der Waals surface area contributed by atoms with Gasteiger partial charge in [-0.2, -0.15) is 0 Å². The molecule has 2 rings (SSSR count). The van der Waals surface area contributed by atoms with Crippen molar-refractivity contribution in [2.24, 2.45) is 0 Å². The first-order valence-corrected chi connectivity index (χ1v) is 6.79. The fourth-order valence-corrected chi connectivity index (χ4v) is 2.20. The Morgan fingerprint density at radius 2 is 2.20 bits per heavy atom. The largest absolute Gasteiger partial charge is 0.384 e. The number of hydrogen-bond donors (Lipinski definition) is 2. The van der Waals surface area contributed by atoms with Gasteiger partial charge in [0.15, 0.2) is 0 Å². The topological polar surface area (TPSA) is 58.6 Å². The molecule has 0 aliphatic carbocycles. The van der Waals surface area contributed by atoms with Crippen LogP contribution in [-0.2, 0) is 4.74 Å². The summed E-state index contributed by atoms with van der Waals surface area (Å²) in [7, 11) is 0. The van der Waals surface area contributed by atoms with Crippen molar-refractivity contribution < 1.29 is 14.6 Å². The van der Waals surface area contributed by atoms with Crippen molar-refractivity contribution in [3.63, 3.8) is 0 Å². The van der Waals surface area contributed by atoms with Gasteiger partial charge in [0.05, 0.1) is 5.56 Å². The minimum Gasteiger partial charge on any atom is -0.384 e. The molecule has 1 aliphatic rings. The quantitative estimate of drug-likeness (QED) is 0.797. The molecule has 4 heteroatoms. The molecule has 1 amide bonds. The molecule has 0 saturated carbocycles. The molecule has 4 nitrogen and oxygen atoms in total. The SMILES string of the molecule is Cc1ccc(C(=O)NC2CCOCC2)c(C#CCO)c1. The third-order valence-corrected chi connectivity index (χ3v) is 3.28. The van der Waals surface area contributed by atoms with Crippen molar-refractivity contribution in [3.05, 3.63) is 34.9 Å². The van der Waals surface area contributed by atoms with E-state index in [1.165, 1.54) is 0 Å². The van der Waals surface area contributed by atoms with Gasteiger partial charge in [0.2, 0.25) is 0 Å². The third kappa shape index (κ3) is 3.83. The highest BCUT2D eigenvalue weighted by atomic mass is 16.5. The zero-order chi connectivity index (χ0) is 14.4. The van der Waals surface area contributed by atoms with E-state index in [2.05, 4.69) is 17.2 Å². The van der Waals surface area contributed by atoms with Crippen LogP contribution in [0.4, 0.5) is 0 Å². The Balaban J connectivity index is 2.15. The molecule has 0 radical (unpaired) electrons. The maximum absolute atomic E-state index is 12.3. The van der Waals surface area contributed by atoms with Crippen LogP contribution in [0, 0.1) is 18.8 Å². The molecule has 0 atom stereocenters. The lowest BCUT2D eigenvalue weighted by molar-refractivity contribution is 0.0696.